The minimum absolute atomic E-state index is 0.838. The molecule has 0 aromatic heterocycles. The normalized spacial score (nSPS) is 9.12. The summed E-state index contributed by atoms with van der Waals surface area (Å²) in [5, 5.41) is 0. The number of hydrogen-bond donors (Lipinski definition) is 1. The van der Waals surface area contributed by atoms with Gasteiger partial charge in [0.05, 0.1) is 0 Å². The number of hydrogen-bond acceptors (Lipinski definition) is 1. The van der Waals surface area contributed by atoms with Crippen molar-refractivity contribution in [2.24, 2.45) is 0 Å². The summed E-state index contributed by atoms with van der Waals surface area (Å²) < 4.78 is 0. The van der Waals surface area contributed by atoms with Gasteiger partial charge < -0.3 is 5.73 Å². The van der Waals surface area contributed by atoms with Gasteiger partial charge in [0.1, 0.15) is 0 Å². The van der Waals surface area contributed by atoms with Crippen molar-refractivity contribution in [1.29, 1.82) is 0 Å². The Kier molecular flexibility index (Phi) is 1.20. The first kappa shape index (κ1) is 5.16. The van der Waals surface area contributed by atoms with Crippen molar-refractivity contribution in [2.45, 2.75) is 6.92 Å². The lowest BCUT2D eigenvalue weighted by molar-refractivity contribution is 1.47. The molecule has 0 saturated heterocycles. The van der Waals surface area contributed by atoms with Gasteiger partial charge in [-0.1, -0.05) is 12.1 Å². The van der Waals surface area contributed by atoms with Crippen LogP contribution in [0.4, 0.5) is 5.69 Å². The van der Waals surface area contributed by atoms with Crippen molar-refractivity contribution in [3.63, 3.8) is 0 Å². The third-order valence-electron chi connectivity index (χ3n) is 1.04. The second kappa shape index (κ2) is 1.86. The zero-order valence-corrected chi connectivity index (χ0v) is 4.89. The van der Waals surface area contributed by atoms with Crippen molar-refractivity contribution >= 4 is 5.69 Å². The molecule has 1 rings (SSSR count). The average Bonchev–Trinajstić information content (AvgIpc) is 1.64. The monoisotopic (exact) mass is 113 g/mol. The van der Waals surface area contributed by atoms with Crippen molar-refractivity contribution < 1.29 is 0 Å². The molecule has 0 fully saturated rings. The van der Waals surface area contributed by atoms with Crippen LogP contribution in [0.15, 0.2) is 24.3 Å². The van der Waals surface area contributed by atoms with E-state index in [2.05, 4.69) is 0 Å². The molecular weight excluding hydrogens is 104 g/mol. The molecule has 0 radical (unpaired) electrons. The zero-order chi connectivity index (χ0) is 5.98. The van der Waals surface area contributed by atoms with E-state index in [1.807, 2.05) is 31.2 Å². The fraction of sp³-hybridized carbons (Fsp3) is 0.143. The second-order valence-corrected chi connectivity index (χ2v) is 1.91. The first-order valence-electron chi connectivity index (χ1n) is 2.61. The molecule has 1 heteroatoms. The Bertz CT molecular complexity index is 164. The highest BCUT2D eigenvalue weighted by Gasteiger charge is 1.81. The predicted molar refractivity (Wildman–Crippen MR) is 35.6 cm³/mol. The Hall–Kier alpha value is -0.980. The fourth-order valence-electron chi connectivity index (χ4n) is 0.670. The fourth-order valence-corrected chi connectivity index (χ4v) is 0.670. The average molecular weight is 113 g/mol. The van der Waals surface area contributed by atoms with Crippen LogP contribution < -0.4 is 5.73 Å². The molecule has 8 heavy (non-hydrogen) atoms. The van der Waals surface area contributed by atoms with E-state index in [1.165, 1.54) is 5.56 Å². The van der Waals surface area contributed by atoms with Crippen molar-refractivity contribution in [3.05, 3.63) is 29.8 Å². The minimum Gasteiger partial charge on any atom is -0.399 e. The molecule has 42 valence electrons. The van der Waals surface area contributed by atoms with Crippen LogP contribution in [-0.4, -0.2) is 0 Å². The van der Waals surface area contributed by atoms with E-state index in [4.69, 9.17) is 5.73 Å². The molecule has 0 amide bonds. The van der Waals surface area contributed by atoms with Gasteiger partial charge in [-0.3, -0.25) is 0 Å². The van der Waals surface area contributed by atoms with Crippen LogP contribution in [0.1, 0.15) is 5.56 Å². The van der Waals surface area contributed by atoms with Gasteiger partial charge in [0.2, 0.25) is 0 Å². The summed E-state index contributed by atoms with van der Waals surface area (Å²) in [6.07, 6.45) is 0. The summed E-state index contributed by atoms with van der Waals surface area (Å²) in [6.45, 7) is 2.02. The van der Waals surface area contributed by atoms with E-state index in [-0.39, 0.29) is 0 Å². The molecule has 0 bridgehead atoms. The second-order valence-electron chi connectivity index (χ2n) is 1.91. The standard InChI is InChI=1S/C7H9N/c1-6-3-2-4-7(8)5-6/h2-5H,8H2,1H3/i2+1,3+1,4+1,5+1,6+1,7+1. The van der Waals surface area contributed by atoms with Gasteiger partial charge in [-0.05, 0) is 24.6 Å². The third-order valence-corrected chi connectivity index (χ3v) is 1.04. The minimum atomic E-state index is 0.838. The molecule has 0 atom stereocenters. The Balaban J connectivity index is 3.08. The highest BCUT2D eigenvalue weighted by molar-refractivity contribution is 5.39. The smallest absolute Gasteiger partial charge is 0.0316 e. The predicted octanol–water partition coefficient (Wildman–Crippen LogP) is 1.58. The maximum absolute atomic E-state index is 5.46. The number of anilines is 1. The summed E-state index contributed by atoms with van der Waals surface area (Å²) >= 11 is 0. The lowest BCUT2D eigenvalue weighted by atomic mass is 11.0. The molecule has 2 N–H and O–H groups in total. The highest BCUT2D eigenvalue weighted by atomic mass is 15.0. The van der Waals surface area contributed by atoms with Crippen molar-refractivity contribution in [3.8, 4) is 0 Å². The maximum Gasteiger partial charge on any atom is 0.0316 e. The van der Waals surface area contributed by atoms with E-state index >= 15 is 0 Å². The molecule has 1 nitrogen and oxygen atoms in total. The quantitative estimate of drug-likeness (QED) is 0.508. The molecule has 0 aliphatic rings. The van der Waals surface area contributed by atoms with E-state index in [1.54, 1.807) is 0 Å². The van der Waals surface area contributed by atoms with Gasteiger partial charge in [-0.2, -0.15) is 0 Å². The Morgan fingerprint density at radius 1 is 1.38 bits per heavy atom. The number of rotatable bonds is 0. The van der Waals surface area contributed by atoms with Crippen LogP contribution in [0.3, 0.4) is 0 Å². The topological polar surface area (TPSA) is 26.0 Å². The first-order valence-corrected chi connectivity index (χ1v) is 2.61. The molecular formula is C7H9N. The van der Waals surface area contributed by atoms with Crippen LogP contribution in [0.25, 0.3) is 0 Å². The van der Waals surface area contributed by atoms with Crippen LogP contribution in [0.2, 0.25) is 0 Å². The van der Waals surface area contributed by atoms with Crippen LogP contribution >= 0.6 is 0 Å². The lowest BCUT2D eigenvalue weighted by Crippen LogP contribution is -1.82. The molecule has 1 aromatic carbocycles. The molecule has 0 heterocycles. The summed E-state index contributed by atoms with van der Waals surface area (Å²) in [7, 11) is 0. The van der Waals surface area contributed by atoms with Crippen LogP contribution in [0, 0.1) is 6.92 Å². The van der Waals surface area contributed by atoms with Gasteiger partial charge in [0, 0.05) is 5.69 Å². The van der Waals surface area contributed by atoms with E-state index in [9.17, 15) is 0 Å². The number of benzene rings is 1. The third kappa shape index (κ3) is 0.997. The zero-order valence-electron chi connectivity index (χ0n) is 4.89. The van der Waals surface area contributed by atoms with Crippen LogP contribution in [-0.2, 0) is 0 Å². The molecule has 0 saturated carbocycles. The summed E-state index contributed by atoms with van der Waals surface area (Å²) in [4.78, 5) is 0. The molecule has 0 aliphatic carbocycles. The SMILES string of the molecule is C[13c]1[13cH][13cH][13cH][13c](N)[13cH]1. The Morgan fingerprint density at radius 2 is 2.12 bits per heavy atom. The Labute approximate surface area is 49.1 Å². The molecule has 0 spiro atoms. The maximum atomic E-state index is 5.46. The number of nitrogen functional groups attached to an aromatic ring is 1. The number of aryl methyl sites for hydroxylation is 1. The highest BCUT2D eigenvalue weighted by Crippen LogP contribution is 2.03. The first-order chi connectivity index (χ1) is 3.79. The van der Waals surface area contributed by atoms with Crippen molar-refractivity contribution in [1.82, 2.24) is 0 Å². The van der Waals surface area contributed by atoms with Gasteiger partial charge in [0.25, 0.3) is 0 Å². The van der Waals surface area contributed by atoms with E-state index in [0.29, 0.717) is 0 Å². The molecule has 0 unspecified atom stereocenters. The van der Waals surface area contributed by atoms with Gasteiger partial charge in [-0.25, -0.2) is 0 Å². The van der Waals surface area contributed by atoms with E-state index < -0.39 is 0 Å². The van der Waals surface area contributed by atoms with Crippen molar-refractivity contribution in [2.75, 3.05) is 5.73 Å². The van der Waals surface area contributed by atoms with Gasteiger partial charge in [-0.15, -0.1) is 0 Å². The largest absolute Gasteiger partial charge is 0.399 e. The van der Waals surface area contributed by atoms with Gasteiger partial charge >= 0.3 is 0 Å². The summed E-state index contributed by atoms with van der Waals surface area (Å²) in [6, 6.07) is 7.80. The van der Waals surface area contributed by atoms with Crippen LogP contribution in [0.5, 0.6) is 0 Å². The number of nitrogens with two attached hydrogens (primary N) is 1. The lowest BCUT2D eigenvalue weighted by Gasteiger charge is -1.91. The van der Waals surface area contributed by atoms with E-state index in [0.717, 1.165) is 5.69 Å². The molecule has 1 aromatic rings. The summed E-state index contributed by atoms with van der Waals surface area (Å²) in [5.74, 6) is 0. The summed E-state index contributed by atoms with van der Waals surface area (Å²) in [5.41, 5.74) is 7.51. The Morgan fingerprint density at radius 3 is 2.50 bits per heavy atom. The van der Waals surface area contributed by atoms with Gasteiger partial charge in [0.15, 0.2) is 0 Å². The molecule has 0 aliphatic heterocycles.